The Bertz CT molecular complexity index is 729. The zero-order chi connectivity index (χ0) is 16.4. The Balaban J connectivity index is 1.47. The van der Waals surface area contributed by atoms with Crippen molar-refractivity contribution in [1.29, 1.82) is 0 Å². The van der Waals surface area contributed by atoms with Gasteiger partial charge in [0.1, 0.15) is 18.2 Å². The maximum atomic E-state index is 5.98. The van der Waals surface area contributed by atoms with Crippen LogP contribution in [-0.2, 0) is 6.61 Å². The van der Waals surface area contributed by atoms with E-state index in [1.807, 2.05) is 24.3 Å². The molecular formula is C18H21N3O3. The standard InChI is InChI=1S/C18H21N3O3/c19-18-9-14(21-6-2-1-3-7-21)8-13(20-18)11-22-15-4-5-16-17(10-15)24-12-23-16/h4-5,8-10H,1-3,6-7,11-12H2,(H2,19,20). The second-order valence-electron chi connectivity index (χ2n) is 6.09. The van der Waals surface area contributed by atoms with Crippen LogP contribution in [-0.4, -0.2) is 24.9 Å². The second kappa shape index (κ2) is 6.47. The highest BCUT2D eigenvalue weighted by molar-refractivity contribution is 5.54. The predicted octanol–water partition coefficient (Wildman–Crippen LogP) is 2.96. The molecular weight excluding hydrogens is 306 g/mol. The first kappa shape index (κ1) is 14.9. The summed E-state index contributed by atoms with van der Waals surface area (Å²) in [7, 11) is 0. The summed E-state index contributed by atoms with van der Waals surface area (Å²) >= 11 is 0. The monoisotopic (exact) mass is 327 g/mol. The van der Waals surface area contributed by atoms with Crippen LogP contribution in [0.5, 0.6) is 17.2 Å². The zero-order valence-electron chi connectivity index (χ0n) is 13.5. The fraction of sp³-hybridized carbons (Fsp3) is 0.389. The van der Waals surface area contributed by atoms with Crippen LogP contribution in [0.25, 0.3) is 0 Å². The lowest BCUT2D eigenvalue weighted by Crippen LogP contribution is -2.29. The van der Waals surface area contributed by atoms with Crippen LogP contribution in [0.15, 0.2) is 30.3 Å². The number of hydrogen-bond acceptors (Lipinski definition) is 6. The molecule has 24 heavy (non-hydrogen) atoms. The number of ether oxygens (including phenoxy) is 3. The quantitative estimate of drug-likeness (QED) is 0.931. The Hall–Kier alpha value is -2.63. The summed E-state index contributed by atoms with van der Waals surface area (Å²) < 4.78 is 16.5. The Labute approximate surface area is 141 Å². The van der Waals surface area contributed by atoms with E-state index in [0.717, 1.165) is 36.0 Å². The van der Waals surface area contributed by atoms with Gasteiger partial charge < -0.3 is 24.8 Å². The normalized spacial score (nSPS) is 16.2. The third-order valence-corrected chi connectivity index (χ3v) is 4.33. The van der Waals surface area contributed by atoms with Crippen LogP contribution in [0.3, 0.4) is 0 Å². The summed E-state index contributed by atoms with van der Waals surface area (Å²) in [6, 6.07) is 9.55. The predicted molar refractivity (Wildman–Crippen MR) is 91.6 cm³/mol. The van der Waals surface area contributed by atoms with Crippen molar-refractivity contribution in [2.75, 3.05) is 30.5 Å². The number of nitrogens with zero attached hydrogens (tertiary/aromatic N) is 2. The lowest BCUT2D eigenvalue weighted by molar-refractivity contribution is 0.173. The highest BCUT2D eigenvalue weighted by atomic mass is 16.7. The highest BCUT2D eigenvalue weighted by Crippen LogP contribution is 2.35. The van der Waals surface area contributed by atoms with Crippen LogP contribution in [0.4, 0.5) is 11.5 Å². The summed E-state index contributed by atoms with van der Waals surface area (Å²) in [6.07, 6.45) is 3.76. The molecule has 126 valence electrons. The van der Waals surface area contributed by atoms with Gasteiger partial charge in [-0.25, -0.2) is 4.98 Å². The number of pyridine rings is 1. The minimum Gasteiger partial charge on any atom is -0.487 e. The van der Waals surface area contributed by atoms with E-state index in [1.165, 1.54) is 19.3 Å². The Morgan fingerprint density at radius 1 is 1.04 bits per heavy atom. The summed E-state index contributed by atoms with van der Waals surface area (Å²) in [5.74, 6) is 2.71. The van der Waals surface area contributed by atoms with Gasteiger partial charge in [0, 0.05) is 30.9 Å². The largest absolute Gasteiger partial charge is 0.487 e. The molecule has 1 aromatic heterocycles. The molecule has 2 aliphatic rings. The average molecular weight is 327 g/mol. The molecule has 0 saturated carbocycles. The first-order chi connectivity index (χ1) is 11.8. The van der Waals surface area contributed by atoms with E-state index in [-0.39, 0.29) is 6.79 Å². The summed E-state index contributed by atoms with van der Waals surface area (Å²) in [4.78, 5) is 6.75. The van der Waals surface area contributed by atoms with Crippen LogP contribution in [0.2, 0.25) is 0 Å². The molecule has 0 bridgehead atoms. The summed E-state index contributed by atoms with van der Waals surface area (Å²) in [6.45, 7) is 2.78. The molecule has 4 rings (SSSR count). The highest BCUT2D eigenvalue weighted by Gasteiger charge is 2.15. The van der Waals surface area contributed by atoms with E-state index in [2.05, 4.69) is 16.0 Å². The molecule has 0 aliphatic carbocycles. The SMILES string of the molecule is Nc1cc(N2CCCCC2)cc(COc2ccc3c(c2)OCO3)n1. The van der Waals surface area contributed by atoms with Crippen LogP contribution >= 0.6 is 0 Å². The molecule has 6 nitrogen and oxygen atoms in total. The molecule has 3 heterocycles. The van der Waals surface area contributed by atoms with Crippen molar-refractivity contribution >= 4 is 11.5 Å². The Kier molecular flexibility index (Phi) is 4.02. The van der Waals surface area contributed by atoms with Gasteiger partial charge in [-0.1, -0.05) is 0 Å². The minimum atomic E-state index is 0.259. The first-order valence-electron chi connectivity index (χ1n) is 8.32. The second-order valence-corrected chi connectivity index (χ2v) is 6.09. The molecule has 2 aliphatic heterocycles. The fourth-order valence-corrected chi connectivity index (χ4v) is 3.13. The maximum absolute atomic E-state index is 5.98. The molecule has 0 radical (unpaired) electrons. The van der Waals surface area contributed by atoms with E-state index in [0.29, 0.717) is 18.2 Å². The van der Waals surface area contributed by atoms with Gasteiger partial charge in [-0.05, 0) is 37.5 Å². The molecule has 1 aromatic carbocycles. The zero-order valence-corrected chi connectivity index (χ0v) is 13.5. The number of aromatic nitrogens is 1. The summed E-state index contributed by atoms with van der Waals surface area (Å²) in [5.41, 5.74) is 7.94. The van der Waals surface area contributed by atoms with Crippen molar-refractivity contribution in [1.82, 2.24) is 4.98 Å². The third kappa shape index (κ3) is 3.18. The number of hydrogen-bond donors (Lipinski definition) is 1. The van der Waals surface area contributed by atoms with Crippen LogP contribution in [0.1, 0.15) is 25.0 Å². The Morgan fingerprint density at radius 2 is 1.88 bits per heavy atom. The van der Waals surface area contributed by atoms with Crippen LogP contribution in [0, 0.1) is 0 Å². The number of fused-ring (bicyclic) bond motifs is 1. The molecule has 6 heteroatoms. The maximum Gasteiger partial charge on any atom is 0.231 e. The number of nitrogen functional groups attached to an aromatic ring is 1. The molecule has 0 spiro atoms. The number of benzene rings is 1. The van der Waals surface area contributed by atoms with E-state index in [4.69, 9.17) is 19.9 Å². The molecule has 0 atom stereocenters. The van der Waals surface area contributed by atoms with Crippen molar-refractivity contribution in [2.24, 2.45) is 0 Å². The van der Waals surface area contributed by atoms with Gasteiger partial charge in [0.15, 0.2) is 11.5 Å². The number of piperidine rings is 1. The lowest BCUT2D eigenvalue weighted by atomic mass is 10.1. The minimum absolute atomic E-state index is 0.259. The van der Waals surface area contributed by atoms with Crippen molar-refractivity contribution in [3.05, 3.63) is 36.0 Å². The third-order valence-electron chi connectivity index (χ3n) is 4.33. The van der Waals surface area contributed by atoms with Crippen LogP contribution < -0.4 is 24.8 Å². The summed E-state index contributed by atoms with van der Waals surface area (Å²) in [5, 5.41) is 0. The molecule has 1 fully saturated rings. The molecule has 2 aromatic rings. The fourth-order valence-electron chi connectivity index (χ4n) is 3.13. The van der Waals surface area contributed by atoms with Gasteiger partial charge in [-0.3, -0.25) is 0 Å². The lowest BCUT2D eigenvalue weighted by Gasteiger charge is -2.29. The topological polar surface area (TPSA) is 69.8 Å². The van der Waals surface area contributed by atoms with Gasteiger partial charge >= 0.3 is 0 Å². The van der Waals surface area contributed by atoms with Gasteiger partial charge in [-0.2, -0.15) is 0 Å². The number of nitrogens with two attached hydrogens (primary N) is 1. The van der Waals surface area contributed by atoms with Crippen molar-refractivity contribution in [2.45, 2.75) is 25.9 Å². The number of anilines is 2. The van der Waals surface area contributed by atoms with Gasteiger partial charge in [0.25, 0.3) is 0 Å². The van der Waals surface area contributed by atoms with E-state index >= 15 is 0 Å². The van der Waals surface area contributed by atoms with Gasteiger partial charge in [0.05, 0.1) is 5.69 Å². The van der Waals surface area contributed by atoms with Gasteiger partial charge in [-0.15, -0.1) is 0 Å². The Morgan fingerprint density at radius 3 is 2.75 bits per heavy atom. The first-order valence-corrected chi connectivity index (χ1v) is 8.32. The van der Waals surface area contributed by atoms with Gasteiger partial charge in [0.2, 0.25) is 6.79 Å². The molecule has 0 unspecified atom stereocenters. The molecule has 0 amide bonds. The van der Waals surface area contributed by atoms with E-state index in [1.54, 1.807) is 0 Å². The smallest absolute Gasteiger partial charge is 0.231 e. The van der Waals surface area contributed by atoms with Crippen molar-refractivity contribution in [3.8, 4) is 17.2 Å². The van der Waals surface area contributed by atoms with Crippen molar-refractivity contribution < 1.29 is 14.2 Å². The average Bonchev–Trinajstić information content (AvgIpc) is 3.08. The molecule has 2 N–H and O–H groups in total. The number of rotatable bonds is 4. The van der Waals surface area contributed by atoms with E-state index in [9.17, 15) is 0 Å². The molecule has 1 saturated heterocycles. The van der Waals surface area contributed by atoms with E-state index < -0.39 is 0 Å². The van der Waals surface area contributed by atoms with Crippen molar-refractivity contribution in [3.63, 3.8) is 0 Å².